The largest absolute Gasteiger partial charge is 0.236 e. The number of benzene rings is 1. The Balaban J connectivity index is 2.07. The number of hydrogen-bond donors (Lipinski definition) is 0. The van der Waals surface area contributed by atoms with E-state index in [0.717, 1.165) is 20.9 Å². The molecule has 1 saturated carbocycles. The Labute approximate surface area is 130 Å². The van der Waals surface area contributed by atoms with E-state index < -0.39 is 5.82 Å². The minimum atomic E-state index is -0.429. The molecule has 0 bridgehead atoms. The van der Waals surface area contributed by atoms with Gasteiger partial charge in [0.2, 0.25) is 0 Å². The first-order valence-electron chi connectivity index (χ1n) is 5.58. The molecule has 1 heterocycles. The first-order valence-corrected chi connectivity index (χ1v) is 7.03. The van der Waals surface area contributed by atoms with Crippen LogP contribution in [0.3, 0.4) is 0 Å². The van der Waals surface area contributed by atoms with Crippen LogP contribution in [-0.4, -0.2) is 9.78 Å². The zero-order valence-corrected chi connectivity index (χ0v) is 12.6. The van der Waals surface area contributed by atoms with Crippen LogP contribution < -0.4 is 0 Å². The van der Waals surface area contributed by atoms with Crippen LogP contribution in [0, 0.1) is 41.0 Å². The smallest absolute Gasteiger partial charge is 0.141 e. The summed E-state index contributed by atoms with van der Waals surface area (Å²) in [7, 11) is 0. The Bertz CT molecular complexity index is 605. The van der Waals surface area contributed by atoms with E-state index in [-0.39, 0.29) is 5.02 Å². The summed E-state index contributed by atoms with van der Waals surface area (Å²) >= 11 is 8.06. The monoisotopic (exact) mass is 385 g/mol. The third kappa shape index (κ3) is 2.52. The van der Waals surface area contributed by atoms with Gasteiger partial charge in [-0.15, -0.1) is 0 Å². The van der Waals surface area contributed by atoms with Crippen LogP contribution in [0.2, 0.25) is 5.02 Å². The van der Waals surface area contributed by atoms with Crippen LogP contribution in [0.15, 0.2) is 24.4 Å². The highest BCUT2D eigenvalue weighted by Gasteiger charge is 2.25. The molecule has 5 heteroatoms. The van der Waals surface area contributed by atoms with Gasteiger partial charge < -0.3 is 0 Å². The minimum Gasteiger partial charge on any atom is -0.236 e. The summed E-state index contributed by atoms with van der Waals surface area (Å²) in [4.78, 5) is 0. The molecule has 0 spiro atoms. The average Bonchev–Trinajstić information content (AvgIpc) is 3.01. The third-order valence-corrected chi connectivity index (χ3v) is 3.89. The average molecular weight is 386 g/mol. The molecule has 1 aromatic heterocycles. The normalized spacial score (nSPS) is 16.2. The van der Waals surface area contributed by atoms with Crippen LogP contribution in [0.1, 0.15) is 5.69 Å². The van der Waals surface area contributed by atoms with Crippen LogP contribution in [0.5, 0.6) is 0 Å². The van der Waals surface area contributed by atoms with Gasteiger partial charge in [-0.25, -0.2) is 9.07 Å². The lowest BCUT2D eigenvalue weighted by Gasteiger charge is -2.13. The Morgan fingerprint density at radius 2 is 1.95 bits per heavy atom. The summed E-state index contributed by atoms with van der Waals surface area (Å²) in [5.74, 6) is 0.643. The minimum absolute atomic E-state index is 0.0939. The molecule has 0 amide bonds. The first kappa shape index (κ1) is 13.4. The van der Waals surface area contributed by atoms with Gasteiger partial charge in [0.25, 0.3) is 0 Å². The fourth-order valence-corrected chi connectivity index (χ4v) is 2.77. The molecule has 19 heavy (non-hydrogen) atoms. The van der Waals surface area contributed by atoms with Gasteiger partial charge >= 0.3 is 0 Å². The lowest BCUT2D eigenvalue weighted by Crippen LogP contribution is -2.08. The van der Waals surface area contributed by atoms with Crippen molar-refractivity contribution < 1.29 is 4.39 Å². The fourth-order valence-electron chi connectivity index (χ4n) is 1.93. The lowest BCUT2D eigenvalue weighted by atomic mass is 10.0. The lowest BCUT2D eigenvalue weighted by molar-refractivity contribution is 0.627. The van der Waals surface area contributed by atoms with Crippen molar-refractivity contribution in [1.82, 2.24) is 9.78 Å². The number of nitrogens with zero attached hydrogens (tertiary/aromatic N) is 2. The van der Waals surface area contributed by atoms with E-state index in [2.05, 4.69) is 27.7 Å². The summed E-state index contributed by atoms with van der Waals surface area (Å²) in [6.07, 6.45) is 9.75. The highest BCUT2D eigenvalue weighted by atomic mass is 127. The van der Waals surface area contributed by atoms with Gasteiger partial charge in [-0.2, -0.15) is 5.10 Å². The Hall–Kier alpha value is -0.620. The fraction of sp³-hybridized carbons (Fsp3) is 0. The summed E-state index contributed by atoms with van der Waals surface area (Å²) in [5.41, 5.74) is 1.72. The van der Waals surface area contributed by atoms with Crippen LogP contribution >= 0.6 is 34.2 Å². The Morgan fingerprint density at radius 1 is 1.21 bits per heavy atom. The maximum absolute atomic E-state index is 13.2. The van der Waals surface area contributed by atoms with Crippen LogP contribution in [-0.2, 0) is 0 Å². The van der Waals surface area contributed by atoms with E-state index in [0.29, 0.717) is 0 Å². The van der Waals surface area contributed by atoms with E-state index >= 15 is 0 Å². The highest BCUT2D eigenvalue weighted by molar-refractivity contribution is 14.1. The van der Waals surface area contributed by atoms with Crippen LogP contribution in [0.25, 0.3) is 5.69 Å². The van der Waals surface area contributed by atoms with E-state index in [1.165, 1.54) is 6.07 Å². The first-order chi connectivity index (χ1) is 9.16. The Morgan fingerprint density at radius 3 is 2.63 bits per heavy atom. The number of hydrogen-bond acceptors (Lipinski definition) is 1. The van der Waals surface area contributed by atoms with Crippen molar-refractivity contribution in [2.45, 2.75) is 0 Å². The summed E-state index contributed by atoms with van der Waals surface area (Å²) in [6, 6.07) is 4.59. The predicted octanol–water partition coefficient (Wildman–Crippen LogP) is 4.02. The summed E-state index contributed by atoms with van der Waals surface area (Å²) < 4.78 is 16.0. The second kappa shape index (κ2) is 5.40. The molecular weight excluding hydrogens is 378 g/mol. The van der Waals surface area contributed by atoms with Crippen molar-refractivity contribution in [2.24, 2.45) is 0 Å². The van der Waals surface area contributed by atoms with Crippen molar-refractivity contribution in [3.8, 4) is 5.69 Å². The topological polar surface area (TPSA) is 17.8 Å². The second-order valence-corrected chi connectivity index (χ2v) is 5.59. The predicted molar refractivity (Wildman–Crippen MR) is 80.8 cm³/mol. The summed E-state index contributed by atoms with van der Waals surface area (Å²) in [5, 5.41) is 4.43. The van der Waals surface area contributed by atoms with Crippen molar-refractivity contribution in [3.63, 3.8) is 0 Å². The van der Waals surface area contributed by atoms with Crippen LogP contribution in [0.4, 0.5) is 4.39 Å². The molecule has 0 atom stereocenters. The van der Waals surface area contributed by atoms with E-state index in [1.807, 2.05) is 25.7 Å². The molecule has 1 fully saturated rings. The molecule has 0 unspecified atom stereocenters. The van der Waals surface area contributed by atoms with Gasteiger partial charge in [0.05, 0.1) is 26.2 Å². The number of halogens is 3. The molecule has 3 rings (SSSR count). The molecule has 2 nitrogen and oxygen atoms in total. The number of aromatic nitrogens is 2. The molecule has 5 radical (unpaired) electrons. The standard InChI is InChI=1S/C14H8ClFIN2/c15-11-7-10(5-6-12(11)16)19-14(13(17)8-18-19)9-3-1-2-4-9/h1-8H. The molecular formula is C14H8ClFIN2. The van der Waals surface area contributed by atoms with Crippen molar-refractivity contribution in [3.05, 3.63) is 76.1 Å². The van der Waals surface area contributed by atoms with Gasteiger partial charge in [-0.1, -0.05) is 11.6 Å². The molecule has 1 aliphatic carbocycles. The maximum atomic E-state index is 13.2. The highest BCUT2D eigenvalue weighted by Crippen LogP contribution is 2.34. The van der Waals surface area contributed by atoms with Gasteiger partial charge in [-0.3, -0.25) is 0 Å². The third-order valence-electron chi connectivity index (χ3n) is 2.81. The molecule has 0 saturated heterocycles. The quantitative estimate of drug-likeness (QED) is 0.714. The van der Waals surface area contributed by atoms with Gasteiger partial charge in [0.1, 0.15) is 5.82 Å². The van der Waals surface area contributed by atoms with E-state index in [4.69, 9.17) is 11.6 Å². The Kier molecular flexibility index (Phi) is 3.80. The zero-order valence-electron chi connectivity index (χ0n) is 9.65. The molecule has 0 N–H and O–H groups in total. The van der Waals surface area contributed by atoms with E-state index in [1.54, 1.807) is 23.0 Å². The molecule has 2 aromatic rings. The second-order valence-electron chi connectivity index (χ2n) is 4.02. The van der Waals surface area contributed by atoms with Crippen molar-refractivity contribution >= 4 is 34.2 Å². The molecule has 1 aromatic carbocycles. The zero-order chi connectivity index (χ0) is 13.4. The maximum Gasteiger partial charge on any atom is 0.141 e. The van der Waals surface area contributed by atoms with Gasteiger partial charge in [0, 0.05) is 5.92 Å². The molecule has 95 valence electrons. The van der Waals surface area contributed by atoms with Gasteiger partial charge in [0.15, 0.2) is 0 Å². The SMILES string of the molecule is Fc1ccc(-n2ncc(I)c2[C]2[CH][CH][CH][CH]2)cc1Cl. The summed E-state index contributed by atoms with van der Waals surface area (Å²) in [6.45, 7) is 0. The van der Waals surface area contributed by atoms with Crippen molar-refractivity contribution in [1.29, 1.82) is 0 Å². The molecule has 1 aliphatic rings. The van der Waals surface area contributed by atoms with Gasteiger partial charge in [-0.05, 0) is 66.5 Å². The number of rotatable bonds is 2. The van der Waals surface area contributed by atoms with Crippen molar-refractivity contribution in [2.75, 3.05) is 0 Å². The molecule has 0 aliphatic heterocycles. The van der Waals surface area contributed by atoms with E-state index in [9.17, 15) is 4.39 Å².